The molecule has 1 aromatic carbocycles. The van der Waals surface area contributed by atoms with E-state index >= 15 is 0 Å². The summed E-state index contributed by atoms with van der Waals surface area (Å²) in [7, 11) is 0. The maximum atomic E-state index is 6.38. The fourth-order valence-electron chi connectivity index (χ4n) is 5.71. The topological polar surface area (TPSA) is 27.7 Å². The average Bonchev–Trinajstić information content (AvgIpc) is 2.64. The molecule has 1 heterocycles. The van der Waals surface area contributed by atoms with Crippen LogP contribution in [0.1, 0.15) is 37.7 Å². The Morgan fingerprint density at radius 1 is 0.962 bits per heavy atom. The first-order chi connectivity index (χ1) is 12.5. The Morgan fingerprint density at radius 2 is 1.62 bits per heavy atom. The molecule has 1 aromatic rings. The highest BCUT2D eigenvalue weighted by atomic mass is 35.5. The van der Waals surface area contributed by atoms with Crippen LogP contribution in [-0.2, 0) is 14.5 Å². The van der Waals surface area contributed by atoms with E-state index in [1.807, 2.05) is 0 Å². The van der Waals surface area contributed by atoms with Gasteiger partial charge in [0, 0.05) is 17.4 Å². The predicted octanol–water partition coefficient (Wildman–Crippen LogP) is 6.16. The SMILES string of the molecule is C=C(c1ccc(Cl)c(Cl)c1Cl)C1COC2(OO1)C1CC3CC(C1)CC2C3. The highest BCUT2D eigenvalue weighted by Gasteiger charge is 2.61. The normalized spacial score (nSPS) is 41.0. The summed E-state index contributed by atoms with van der Waals surface area (Å²) in [6, 6.07) is 3.51. The standard InChI is InChI=1S/C20H21Cl3O3/c1-10(15-2-3-16(21)19(23)18(15)22)17-9-24-20(26-25-17)13-5-11-4-12(7-13)8-14(20)6-11/h2-3,11-14,17H,1,4-9H2. The fraction of sp³-hybridized carbons (Fsp3) is 0.600. The third-order valence-electron chi connectivity index (χ3n) is 6.80. The number of hydrogen-bond donors (Lipinski definition) is 0. The van der Waals surface area contributed by atoms with Crippen LogP contribution >= 0.6 is 34.8 Å². The van der Waals surface area contributed by atoms with Gasteiger partial charge < -0.3 is 4.74 Å². The maximum absolute atomic E-state index is 6.38. The first kappa shape index (κ1) is 17.8. The summed E-state index contributed by atoms with van der Waals surface area (Å²) in [4.78, 5) is 11.8. The molecule has 6 heteroatoms. The number of benzene rings is 1. The molecule has 1 saturated heterocycles. The van der Waals surface area contributed by atoms with E-state index in [9.17, 15) is 0 Å². The van der Waals surface area contributed by atoms with Gasteiger partial charge in [-0.2, -0.15) is 4.89 Å². The van der Waals surface area contributed by atoms with Crippen molar-refractivity contribution in [3.05, 3.63) is 39.3 Å². The maximum Gasteiger partial charge on any atom is 0.207 e. The van der Waals surface area contributed by atoms with Crippen LogP contribution in [0.2, 0.25) is 15.1 Å². The van der Waals surface area contributed by atoms with E-state index in [4.69, 9.17) is 49.3 Å². The van der Waals surface area contributed by atoms with Gasteiger partial charge in [-0.15, -0.1) is 0 Å². The van der Waals surface area contributed by atoms with Crippen LogP contribution in [0, 0.1) is 23.7 Å². The van der Waals surface area contributed by atoms with Gasteiger partial charge in [0.2, 0.25) is 5.79 Å². The van der Waals surface area contributed by atoms with E-state index in [1.165, 1.54) is 32.1 Å². The van der Waals surface area contributed by atoms with Crippen molar-refractivity contribution in [3.63, 3.8) is 0 Å². The molecular weight excluding hydrogens is 395 g/mol. The first-order valence-electron chi connectivity index (χ1n) is 9.29. The molecular formula is C20H21Cl3O3. The summed E-state index contributed by atoms with van der Waals surface area (Å²) in [5.74, 6) is 2.02. The lowest BCUT2D eigenvalue weighted by Crippen LogP contribution is -2.63. The molecule has 0 aromatic heterocycles. The van der Waals surface area contributed by atoms with E-state index in [0.717, 1.165) is 11.8 Å². The molecule has 4 saturated carbocycles. The van der Waals surface area contributed by atoms with Gasteiger partial charge in [-0.25, -0.2) is 4.89 Å². The van der Waals surface area contributed by atoms with Gasteiger partial charge in [0.25, 0.3) is 0 Å². The molecule has 26 heavy (non-hydrogen) atoms. The molecule has 1 unspecified atom stereocenters. The monoisotopic (exact) mass is 414 g/mol. The van der Waals surface area contributed by atoms with E-state index in [-0.39, 0.29) is 0 Å². The quantitative estimate of drug-likeness (QED) is 0.427. The molecule has 0 N–H and O–H groups in total. The van der Waals surface area contributed by atoms with E-state index in [2.05, 4.69) is 6.58 Å². The zero-order valence-electron chi connectivity index (χ0n) is 14.3. The Bertz CT molecular complexity index is 725. The van der Waals surface area contributed by atoms with E-state index in [1.54, 1.807) is 12.1 Å². The van der Waals surface area contributed by atoms with Crippen LogP contribution in [-0.4, -0.2) is 18.5 Å². The number of halogens is 3. The van der Waals surface area contributed by atoms with Gasteiger partial charge >= 0.3 is 0 Å². The predicted molar refractivity (Wildman–Crippen MR) is 102 cm³/mol. The fourth-order valence-corrected chi connectivity index (χ4v) is 6.37. The molecule has 3 nitrogen and oxygen atoms in total. The Labute approximate surface area is 168 Å². The van der Waals surface area contributed by atoms with Crippen LogP contribution < -0.4 is 0 Å². The van der Waals surface area contributed by atoms with E-state index < -0.39 is 11.9 Å². The third-order valence-corrected chi connectivity index (χ3v) is 8.09. The highest BCUT2D eigenvalue weighted by Crippen LogP contribution is 2.61. The van der Waals surface area contributed by atoms with E-state index in [0.29, 0.717) is 44.6 Å². The van der Waals surface area contributed by atoms with Gasteiger partial charge in [-0.3, -0.25) is 0 Å². The number of hydrogen-bond acceptors (Lipinski definition) is 3. The van der Waals surface area contributed by atoms with Gasteiger partial charge in [0.1, 0.15) is 6.10 Å². The Kier molecular flexibility index (Phi) is 4.35. The van der Waals surface area contributed by atoms with Crippen molar-refractivity contribution in [2.75, 3.05) is 6.61 Å². The minimum Gasteiger partial charge on any atom is -0.344 e. The van der Waals surface area contributed by atoms with Crippen molar-refractivity contribution in [1.29, 1.82) is 0 Å². The highest BCUT2D eigenvalue weighted by molar-refractivity contribution is 6.48. The molecule has 1 spiro atoms. The Morgan fingerprint density at radius 3 is 2.19 bits per heavy atom. The largest absolute Gasteiger partial charge is 0.344 e. The molecule has 0 radical (unpaired) electrons. The minimum atomic E-state index is -0.564. The van der Waals surface area contributed by atoms with Crippen LogP contribution in [0.4, 0.5) is 0 Å². The zero-order valence-corrected chi connectivity index (χ0v) is 16.6. The first-order valence-corrected chi connectivity index (χ1v) is 10.4. The summed E-state index contributed by atoms with van der Waals surface area (Å²) >= 11 is 18.5. The summed E-state index contributed by atoms with van der Waals surface area (Å²) in [6.45, 7) is 4.55. The Hall–Kier alpha value is -0.290. The van der Waals surface area contributed by atoms with Crippen LogP contribution in [0.25, 0.3) is 5.57 Å². The Balaban J connectivity index is 1.33. The smallest absolute Gasteiger partial charge is 0.207 e. The van der Waals surface area contributed by atoms with Crippen molar-refractivity contribution in [2.45, 2.75) is 44.0 Å². The lowest BCUT2D eigenvalue weighted by Gasteiger charge is -2.60. The molecule has 1 atom stereocenters. The zero-order chi connectivity index (χ0) is 18.1. The van der Waals surface area contributed by atoms with Crippen molar-refractivity contribution >= 4 is 40.4 Å². The number of ether oxygens (including phenoxy) is 1. The van der Waals surface area contributed by atoms with Crippen molar-refractivity contribution < 1.29 is 14.5 Å². The molecule has 5 aliphatic rings. The van der Waals surface area contributed by atoms with Gasteiger partial charge in [-0.05, 0) is 55.6 Å². The molecule has 6 rings (SSSR count). The van der Waals surface area contributed by atoms with Gasteiger partial charge in [0.15, 0.2) is 0 Å². The van der Waals surface area contributed by atoms with Crippen molar-refractivity contribution in [3.8, 4) is 0 Å². The number of rotatable bonds is 2. The molecule has 4 aliphatic carbocycles. The third kappa shape index (κ3) is 2.59. The van der Waals surface area contributed by atoms with Crippen molar-refractivity contribution in [2.24, 2.45) is 23.7 Å². The molecule has 4 bridgehead atoms. The molecule has 1 aliphatic heterocycles. The lowest BCUT2D eigenvalue weighted by atomic mass is 9.53. The molecule has 140 valence electrons. The van der Waals surface area contributed by atoms with Crippen LogP contribution in [0.5, 0.6) is 0 Å². The second kappa shape index (κ2) is 6.37. The summed E-state index contributed by atoms with van der Waals surface area (Å²) in [6.07, 6.45) is 5.76. The lowest BCUT2D eigenvalue weighted by molar-refractivity contribution is -0.517. The van der Waals surface area contributed by atoms with Gasteiger partial charge in [-0.1, -0.05) is 47.4 Å². The summed E-state index contributed by atoms with van der Waals surface area (Å²) in [5, 5.41) is 1.11. The molecule has 5 fully saturated rings. The second-order valence-corrected chi connectivity index (χ2v) is 9.42. The second-order valence-electron chi connectivity index (χ2n) is 8.25. The average molecular weight is 416 g/mol. The van der Waals surface area contributed by atoms with Crippen LogP contribution in [0.15, 0.2) is 18.7 Å². The van der Waals surface area contributed by atoms with Crippen LogP contribution in [0.3, 0.4) is 0 Å². The minimum absolute atomic E-state index is 0.321. The van der Waals surface area contributed by atoms with Crippen molar-refractivity contribution in [1.82, 2.24) is 0 Å². The summed E-state index contributed by atoms with van der Waals surface area (Å²) < 4.78 is 6.38. The van der Waals surface area contributed by atoms with Gasteiger partial charge in [0.05, 0.1) is 21.7 Å². The molecule has 0 amide bonds. The summed E-state index contributed by atoms with van der Waals surface area (Å²) in [5.41, 5.74) is 1.39.